The zero-order valence-electron chi connectivity index (χ0n) is 16.4. The molecule has 2 aromatic carbocycles. The van der Waals surface area contributed by atoms with E-state index in [-0.39, 0.29) is 5.91 Å². The highest BCUT2D eigenvalue weighted by molar-refractivity contribution is 6.32. The van der Waals surface area contributed by atoms with Gasteiger partial charge in [-0.25, -0.2) is 0 Å². The lowest BCUT2D eigenvalue weighted by atomic mass is 10.1. The van der Waals surface area contributed by atoms with Gasteiger partial charge in [-0.1, -0.05) is 47.5 Å². The highest BCUT2D eigenvalue weighted by Crippen LogP contribution is 2.22. The third kappa shape index (κ3) is 7.52. The van der Waals surface area contributed by atoms with Crippen LogP contribution in [0.1, 0.15) is 5.56 Å². The molecule has 5 nitrogen and oxygen atoms in total. The maximum atomic E-state index is 12.2. The molecule has 3 rings (SSSR count). The van der Waals surface area contributed by atoms with E-state index in [4.69, 9.17) is 27.9 Å². The van der Waals surface area contributed by atoms with Gasteiger partial charge in [0.1, 0.15) is 12.4 Å². The van der Waals surface area contributed by atoms with Gasteiger partial charge in [-0.05, 0) is 36.2 Å². The minimum Gasteiger partial charge on any atom is -0.491 e. The van der Waals surface area contributed by atoms with Crippen LogP contribution >= 0.6 is 23.2 Å². The maximum absolute atomic E-state index is 12.2. The van der Waals surface area contributed by atoms with Crippen molar-refractivity contribution in [2.45, 2.75) is 6.42 Å². The van der Waals surface area contributed by atoms with Gasteiger partial charge in [-0.15, -0.1) is 0 Å². The molecule has 1 amide bonds. The van der Waals surface area contributed by atoms with E-state index in [1.54, 1.807) is 0 Å². The molecule has 0 bridgehead atoms. The Balaban J connectivity index is 1.27. The molecular weight excluding hydrogens is 409 g/mol. The predicted molar refractivity (Wildman–Crippen MR) is 118 cm³/mol. The summed E-state index contributed by atoms with van der Waals surface area (Å²) in [5.41, 5.74) is 1.17. The highest BCUT2D eigenvalue weighted by atomic mass is 35.5. The number of hydrogen-bond acceptors (Lipinski definition) is 4. The molecule has 7 heteroatoms. The van der Waals surface area contributed by atoms with E-state index in [9.17, 15) is 4.79 Å². The molecule has 156 valence electrons. The summed E-state index contributed by atoms with van der Waals surface area (Å²) in [6, 6.07) is 15.2. The van der Waals surface area contributed by atoms with Gasteiger partial charge in [0.2, 0.25) is 5.91 Å². The summed E-state index contributed by atoms with van der Waals surface area (Å²) >= 11 is 12.0. The number of piperazine rings is 1. The molecule has 0 radical (unpaired) electrons. The van der Waals surface area contributed by atoms with E-state index in [0.717, 1.165) is 49.9 Å². The number of para-hydroxylation sites is 1. The molecule has 0 atom stereocenters. The lowest BCUT2D eigenvalue weighted by Gasteiger charge is -2.34. The molecule has 1 saturated heterocycles. The van der Waals surface area contributed by atoms with E-state index >= 15 is 0 Å². The van der Waals surface area contributed by atoms with Gasteiger partial charge in [-0.2, -0.15) is 0 Å². The van der Waals surface area contributed by atoms with E-state index in [1.165, 1.54) is 5.56 Å². The van der Waals surface area contributed by atoms with Crippen LogP contribution < -0.4 is 10.1 Å². The van der Waals surface area contributed by atoms with Crippen molar-refractivity contribution in [1.82, 2.24) is 15.1 Å². The van der Waals surface area contributed by atoms with Crippen LogP contribution in [-0.4, -0.2) is 68.1 Å². The summed E-state index contributed by atoms with van der Waals surface area (Å²) in [4.78, 5) is 16.7. The maximum Gasteiger partial charge on any atom is 0.234 e. The minimum atomic E-state index is 0.0782. The molecule has 29 heavy (non-hydrogen) atoms. The topological polar surface area (TPSA) is 44.8 Å². The average Bonchev–Trinajstić information content (AvgIpc) is 2.72. The van der Waals surface area contributed by atoms with Gasteiger partial charge >= 0.3 is 0 Å². The fourth-order valence-corrected chi connectivity index (χ4v) is 3.59. The molecule has 2 aromatic rings. The quantitative estimate of drug-likeness (QED) is 0.655. The van der Waals surface area contributed by atoms with Crippen LogP contribution in [0.4, 0.5) is 0 Å². The van der Waals surface area contributed by atoms with Gasteiger partial charge < -0.3 is 10.1 Å². The van der Waals surface area contributed by atoms with Crippen LogP contribution in [0.2, 0.25) is 10.0 Å². The fraction of sp³-hybridized carbons (Fsp3) is 0.409. The van der Waals surface area contributed by atoms with Crippen LogP contribution in [-0.2, 0) is 11.2 Å². The van der Waals surface area contributed by atoms with Gasteiger partial charge in [0.25, 0.3) is 0 Å². The first kappa shape index (κ1) is 21.9. The van der Waals surface area contributed by atoms with E-state index in [0.29, 0.717) is 24.7 Å². The summed E-state index contributed by atoms with van der Waals surface area (Å²) in [6.45, 7) is 6.19. The SMILES string of the molecule is O=C(CN1CCN(CCOc2ccccc2Cl)CC1)NCCc1ccc(Cl)cc1. The lowest BCUT2D eigenvalue weighted by molar-refractivity contribution is -0.122. The molecule has 1 heterocycles. The number of benzene rings is 2. The molecule has 1 aliphatic rings. The summed E-state index contributed by atoms with van der Waals surface area (Å²) in [7, 11) is 0. The third-order valence-electron chi connectivity index (χ3n) is 4.98. The third-order valence-corrected chi connectivity index (χ3v) is 5.55. The molecule has 0 unspecified atom stereocenters. The van der Waals surface area contributed by atoms with Crippen LogP contribution in [0.25, 0.3) is 0 Å². The first-order chi connectivity index (χ1) is 14.1. The number of halogens is 2. The molecular formula is C22H27Cl2N3O2. The first-order valence-electron chi connectivity index (χ1n) is 9.93. The Hall–Kier alpha value is -1.79. The number of nitrogens with zero attached hydrogens (tertiary/aromatic N) is 2. The van der Waals surface area contributed by atoms with Gasteiger partial charge in [0.15, 0.2) is 0 Å². The van der Waals surface area contributed by atoms with Crippen molar-refractivity contribution in [3.05, 3.63) is 64.1 Å². The number of hydrogen-bond donors (Lipinski definition) is 1. The van der Waals surface area contributed by atoms with Gasteiger partial charge in [-0.3, -0.25) is 14.6 Å². The van der Waals surface area contributed by atoms with Crippen molar-refractivity contribution in [2.24, 2.45) is 0 Å². The van der Waals surface area contributed by atoms with Crippen LogP contribution in [0.3, 0.4) is 0 Å². The molecule has 0 spiro atoms. The van der Waals surface area contributed by atoms with Crippen molar-refractivity contribution in [2.75, 3.05) is 52.4 Å². The summed E-state index contributed by atoms with van der Waals surface area (Å²) < 4.78 is 5.76. The molecule has 1 N–H and O–H groups in total. The second-order valence-electron chi connectivity index (χ2n) is 7.12. The van der Waals surface area contributed by atoms with Crippen molar-refractivity contribution < 1.29 is 9.53 Å². The Kier molecular flexibility index (Phi) is 8.62. The largest absolute Gasteiger partial charge is 0.491 e. The van der Waals surface area contributed by atoms with Crippen LogP contribution in [0.5, 0.6) is 5.75 Å². The van der Waals surface area contributed by atoms with E-state index in [2.05, 4.69) is 15.1 Å². The normalized spacial score (nSPS) is 15.2. The zero-order valence-corrected chi connectivity index (χ0v) is 18.0. The summed E-state index contributed by atoms with van der Waals surface area (Å²) in [6.07, 6.45) is 0.808. The van der Waals surface area contributed by atoms with Crippen LogP contribution in [0.15, 0.2) is 48.5 Å². The standard InChI is InChI=1S/C22H27Cl2N3O2/c23-19-7-5-18(6-8-19)9-10-25-22(28)17-27-13-11-26(12-14-27)15-16-29-21-4-2-1-3-20(21)24/h1-8H,9-17H2,(H,25,28). The zero-order chi connectivity index (χ0) is 20.5. The summed E-state index contributed by atoms with van der Waals surface area (Å²) in [5.74, 6) is 0.803. The second-order valence-corrected chi connectivity index (χ2v) is 7.97. The Morgan fingerprint density at radius 3 is 2.38 bits per heavy atom. The smallest absolute Gasteiger partial charge is 0.234 e. The van der Waals surface area contributed by atoms with Crippen molar-refractivity contribution in [3.8, 4) is 5.75 Å². The number of amides is 1. The lowest BCUT2D eigenvalue weighted by Crippen LogP contribution is -2.50. The van der Waals surface area contributed by atoms with Gasteiger partial charge in [0.05, 0.1) is 11.6 Å². The van der Waals surface area contributed by atoms with Crippen LogP contribution in [0, 0.1) is 0 Å². The number of rotatable bonds is 9. The Morgan fingerprint density at radius 1 is 0.966 bits per heavy atom. The molecule has 0 saturated carbocycles. The van der Waals surface area contributed by atoms with Crippen molar-refractivity contribution in [3.63, 3.8) is 0 Å². The number of ether oxygens (including phenoxy) is 1. The number of carbonyl (C=O) groups is 1. The Morgan fingerprint density at radius 2 is 1.66 bits per heavy atom. The predicted octanol–water partition coefficient (Wildman–Crippen LogP) is 3.35. The first-order valence-corrected chi connectivity index (χ1v) is 10.7. The van der Waals surface area contributed by atoms with Crippen molar-refractivity contribution >= 4 is 29.1 Å². The summed E-state index contributed by atoms with van der Waals surface area (Å²) in [5, 5.41) is 4.37. The molecule has 0 aromatic heterocycles. The fourth-order valence-electron chi connectivity index (χ4n) is 3.27. The number of carbonyl (C=O) groups excluding carboxylic acids is 1. The Labute approximate surface area is 182 Å². The molecule has 0 aliphatic carbocycles. The van der Waals surface area contributed by atoms with Gasteiger partial charge in [0, 0.05) is 44.3 Å². The monoisotopic (exact) mass is 435 g/mol. The highest BCUT2D eigenvalue weighted by Gasteiger charge is 2.18. The van der Waals surface area contributed by atoms with E-state index in [1.807, 2.05) is 48.5 Å². The molecule has 1 aliphatic heterocycles. The average molecular weight is 436 g/mol. The van der Waals surface area contributed by atoms with E-state index < -0.39 is 0 Å². The molecule has 1 fully saturated rings. The second kappa shape index (κ2) is 11.4. The van der Waals surface area contributed by atoms with Crippen molar-refractivity contribution in [1.29, 1.82) is 0 Å². The minimum absolute atomic E-state index is 0.0782. The number of nitrogens with one attached hydrogen (secondary N) is 1. The Bertz CT molecular complexity index is 778.